The zero-order valence-corrected chi connectivity index (χ0v) is 9.34. The van der Waals surface area contributed by atoms with Gasteiger partial charge < -0.3 is 5.11 Å². The third kappa shape index (κ3) is 5.84. The third-order valence-electron chi connectivity index (χ3n) is 1.84. The summed E-state index contributed by atoms with van der Waals surface area (Å²) in [6.07, 6.45) is 9.10. The first-order valence-corrected chi connectivity index (χ1v) is 5.28. The van der Waals surface area contributed by atoms with Crippen molar-refractivity contribution in [3.63, 3.8) is 0 Å². The first kappa shape index (κ1) is 13.3. The second-order valence-electron chi connectivity index (χ2n) is 2.84. The molecular formula is C12H18OS. The molecule has 0 unspecified atom stereocenters. The standard InChI is InChI=1S/C12H18OS/c1-3-11(7-9-13)5-6-12(4-2)8-10-14/h3-6,13-14H,1-2,7-10H2/b11-5+,12-6+. The molecule has 0 rings (SSSR count). The van der Waals surface area contributed by atoms with Crippen LogP contribution in [0.25, 0.3) is 0 Å². The van der Waals surface area contributed by atoms with Crippen molar-refractivity contribution < 1.29 is 5.11 Å². The van der Waals surface area contributed by atoms with Gasteiger partial charge in [0.1, 0.15) is 0 Å². The first-order chi connectivity index (χ1) is 6.78. The second-order valence-corrected chi connectivity index (χ2v) is 3.29. The van der Waals surface area contributed by atoms with Crippen molar-refractivity contribution in [3.8, 4) is 0 Å². The van der Waals surface area contributed by atoms with Crippen LogP contribution in [0, 0.1) is 0 Å². The summed E-state index contributed by atoms with van der Waals surface area (Å²) in [4.78, 5) is 0. The van der Waals surface area contributed by atoms with Gasteiger partial charge in [0.2, 0.25) is 0 Å². The SMILES string of the molecule is C=C/C(=C\C=C(/C=C)CCS)CCO. The summed E-state index contributed by atoms with van der Waals surface area (Å²) in [6.45, 7) is 7.56. The smallest absolute Gasteiger partial charge is 0.0471 e. The Hall–Kier alpha value is -0.730. The number of thiol groups is 1. The highest BCUT2D eigenvalue weighted by atomic mass is 32.1. The highest BCUT2D eigenvalue weighted by molar-refractivity contribution is 7.80. The summed E-state index contributed by atoms with van der Waals surface area (Å²) in [5.74, 6) is 0.815. The van der Waals surface area contributed by atoms with E-state index in [1.54, 1.807) is 6.08 Å². The highest BCUT2D eigenvalue weighted by Gasteiger charge is 1.90. The van der Waals surface area contributed by atoms with Gasteiger partial charge in [-0.15, -0.1) is 0 Å². The summed E-state index contributed by atoms with van der Waals surface area (Å²) < 4.78 is 0. The van der Waals surface area contributed by atoms with Crippen molar-refractivity contribution in [2.24, 2.45) is 0 Å². The van der Waals surface area contributed by atoms with Crippen LogP contribution in [0.2, 0.25) is 0 Å². The molecule has 1 nitrogen and oxygen atoms in total. The number of aliphatic hydroxyl groups is 1. The van der Waals surface area contributed by atoms with Crippen molar-refractivity contribution >= 4 is 12.6 Å². The Kier molecular flexibility index (Phi) is 8.39. The number of aliphatic hydroxyl groups excluding tert-OH is 1. The maximum Gasteiger partial charge on any atom is 0.0471 e. The van der Waals surface area contributed by atoms with Gasteiger partial charge in [0.05, 0.1) is 0 Å². The lowest BCUT2D eigenvalue weighted by molar-refractivity contribution is 0.300. The molecular weight excluding hydrogens is 192 g/mol. The lowest BCUT2D eigenvalue weighted by Gasteiger charge is -1.98. The Morgan fingerprint density at radius 2 is 1.57 bits per heavy atom. The molecule has 2 heteroatoms. The molecule has 0 aromatic heterocycles. The van der Waals surface area contributed by atoms with Crippen molar-refractivity contribution in [3.05, 3.63) is 48.6 Å². The zero-order chi connectivity index (χ0) is 10.8. The van der Waals surface area contributed by atoms with Gasteiger partial charge in [-0.2, -0.15) is 12.6 Å². The molecule has 1 N–H and O–H groups in total. The first-order valence-electron chi connectivity index (χ1n) is 4.64. The van der Waals surface area contributed by atoms with E-state index in [9.17, 15) is 0 Å². The topological polar surface area (TPSA) is 20.2 Å². The van der Waals surface area contributed by atoms with E-state index in [0.717, 1.165) is 23.3 Å². The number of hydrogen-bond donors (Lipinski definition) is 2. The quantitative estimate of drug-likeness (QED) is 0.489. The Labute approximate surface area is 91.9 Å². The zero-order valence-electron chi connectivity index (χ0n) is 8.45. The lowest BCUT2D eigenvalue weighted by Crippen LogP contribution is -1.85. The number of hydrogen-bond acceptors (Lipinski definition) is 2. The molecule has 0 amide bonds. The van der Waals surface area contributed by atoms with Crippen LogP contribution >= 0.6 is 12.6 Å². The molecule has 0 aromatic rings. The summed E-state index contributed by atoms with van der Waals surface area (Å²) in [7, 11) is 0. The largest absolute Gasteiger partial charge is 0.396 e. The Bertz CT molecular complexity index is 213. The van der Waals surface area contributed by atoms with Crippen LogP contribution in [0.3, 0.4) is 0 Å². The van der Waals surface area contributed by atoms with Gasteiger partial charge in [0.15, 0.2) is 0 Å². The van der Waals surface area contributed by atoms with Crippen molar-refractivity contribution in [1.82, 2.24) is 0 Å². The van der Waals surface area contributed by atoms with E-state index < -0.39 is 0 Å². The van der Waals surface area contributed by atoms with Gasteiger partial charge in [-0.25, -0.2) is 0 Å². The minimum absolute atomic E-state index is 0.154. The maximum absolute atomic E-state index is 8.75. The Balaban J connectivity index is 4.43. The molecule has 0 aromatic carbocycles. The maximum atomic E-state index is 8.75. The van der Waals surface area contributed by atoms with Gasteiger partial charge >= 0.3 is 0 Å². The predicted octanol–water partition coefficient (Wildman–Crippen LogP) is 2.91. The molecule has 0 aliphatic rings. The fourth-order valence-electron chi connectivity index (χ4n) is 0.979. The van der Waals surface area contributed by atoms with Crippen molar-refractivity contribution in [2.75, 3.05) is 12.4 Å². The molecule has 0 bridgehead atoms. The molecule has 0 saturated heterocycles. The highest BCUT2D eigenvalue weighted by Crippen LogP contribution is 2.07. The Morgan fingerprint density at radius 3 is 1.93 bits per heavy atom. The van der Waals surface area contributed by atoms with E-state index in [2.05, 4.69) is 25.8 Å². The summed E-state index contributed by atoms with van der Waals surface area (Å²) in [6, 6.07) is 0. The van der Waals surface area contributed by atoms with Crippen LogP contribution in [0.15, 0.2) is 48.6 Å². The van der Waals surface area contributed by atoms with E-state index in [4.69, 9.17) is 5.11 Å². The van der Waals surface area contributed by atoms with Crippen molar-refractivity contribution in [2.45, 2.75) is 12.8 Å². The normalized spacial score (nSPS) is 12.7. The Morgan fingerprint density at radius 1 is 1.07 bits per heavy atom. The summed E-state index contributed by atoms with van der Waals surface area (Å²) in [5.41, 5.74) is 2.18. The van der Waals surface area contributed by atoms with Gasteiger partial charge in [-0.05, 0) is 29.7 Å². The van der Waals surface area contributed by atoms with E-state index in [1.807, 2.05) is 18.2 Å². The molecule has 0 fully saturated rings. The average molecular weight is 210 g/mol. The third-order valence-corrected chi connectivity index (χ3v) is 2.06. The van der Waals surface area contributed by atoms with Crippen LogP contribution < -0.4 is 0 Å². The van der Waals surface area contributed by atoms with Gasteiger partial charge in [-0.1, -0.05) is 37.5 Å². The summed E-state index contributed by atoms with van der Waals surface area (Å²) >= 11 is 4.15. The molecule has 0 aliphatic heterocycles. The van der Waals surface area contributed by atoms with Gasteiger partial charge in [-0.3, -0.25) is 0 Å². The van der Waals surface area contributed by atoms with Crippen LogP contribution in [0.5, 0.6) is 0 Å². The minimum atomic E-state index is 0.154. The van der Waals surface area contributed by atoms with Crippen LogP contribution in [0.1, 0.15) is 12.8 Å². The lowest BCUT2D eigenvalue weighted by atomic mass is 10.1. The van der Waals surface area contributed by atoms with Gasteiger partial charge in [0, 0.05) is 6.61 Å². The molecule has 78 valence electrons. The molecule has 0 saturated carbocycles. The molecule has 0 radical (unpaired) electrons. The van der Waals surface area contributed by atoms with Crippen molar-refractivity contribution in [1.29, 1.82) is 0 Å². The van der Waals surface area contributed by atoms with Gasteiger partial charge in [0.25, 0.3) is 0 Å². The van der Waals surface area contributed by atoms with E-state index in [-0.39, 0.29) is 6.61 Å². The summed E-state index contributed by atoms with van der Waals surface area (Å²) in [5, 5.41) is 8.75. The average Bonchev–Trinajstić information content (AvgIpc) is 2.22. The van der Waals surface area contributed by atoms with E-state index in [1.165, 1.54) is 0 Å². The molecule has 0 spiro atoms. The monoisotopic (exact) mass is 210 g/mol. The van der Waals surface area contributed by atoms with Crippen LogP contribution in [0.4, 0.5) is 0 Å². The fourth-order valence-corrected chi connectivity index (χ4v) is 1.24. The molecule has 14 heavy (non-hydrogen) atoms. The van der Waals surface area contributed by atoms with Crippen LogP contribution in [-0.2, 0) is 0 Å². The fraction of sp³-hybridized carbons (Fsp3) is 0.333. The second kappa shape index (κ2) is 8.85. The number of rotatable bonds is 7. The minimum Gasteiger partial charge on any atom is -0.396 e. The molecule has 0 heterocycles. The molecule has 0 aliphatic carbocycles. The van der Waals surface area contributed by atoms with E-state index >= 15 is 0 Å². The number of allylic oxidation sites excluding steroid dienone is 5. The van der Waals surface area contributed by atoms with Crippen LogP contribution in [-0.4, -0.2) is 17.5 Å². The van der Waals surface area contributed by atoms with E-state index in [0.29, 0.717) is 6.42 Å². The predicted molar refractivity (Wildman–Crippen MR) is 66.7 cm³/mol. The molecule has 0 atom stereocenters.